The second-order valence-electron chi connectivity index (χ2n) is 2.46. The summed E-state index contributed by atoms with van der Waals surface area (Å²) >= 11 is 0. The van der Waals surface area contributed by atoms with Gasteiger partial charge in [-0.1, -0.05) is 12.1 Å². The van der Waals surface area contributed by atoms with Gasteiger partial charge < -0.3 is 0 Å². The third-order valence-electron chi connectivity index (χ3n) is 1.63. The molecule has 1 nitrogen and oxygen atoms in total. The zero-order valence-corrected chi connectivity index (χ0v) is 5.99. The topological polar surface area (TPSA) is 12.9 Å². The molecule has 1 heterocycles. The SMILES string of the molecule is [CH]c1ccc2ncccc2c1. The number of hydrogen-bond acceptors (Lipinski definition) is 1. The monoisotopic (exact) mass is 141 g/mol. The maximum Gasteiger partial charge on any atom is 0.0702 e. The van der Waals surface area contributed by atoms with Gasteiger partial charge in [-0.25, -0.2) is 0 Å². The van der Waals surface area contributed by atoms with E-state index in [0.717, 1.165) is 16.5 Å². The Balaban J connectivity index is 2.83. The molecular formula is C10H7N. The molecule has 0 atom stereocenters. The molecule has 0 bridgehead atoms. The van der Waals surface area contributed by atoms with E-state index < -0.39 is 0 Å². The van der Waals surface area contributed by atoms with Crippen molar-refractivity contribution in [2.75, 3.05) is 0 Å². The molecule has 1 heteroatoms. The van der Waals surface area contributed by atoms with E-state index in [-0.39, 0.29) is 0 Å². The van der Waals surface area contributed by atoms with Crippen molar-refractivity contribution >= 4 is 10.9 Å². The predicted octanol–water partition coefficient (Wildman–Crippen LogP) is 2.29. The van der Waals surface area contributed by atoms with Gasteiger partial charge in [0.1, 0.15) is 0 Å². The van der Waals surface area contributed by atoms with Crippen LogP contribution in [-0.4, -0.2) is 4.98 Å². The summed E-state index contributed by atoms with van der Waals surface area (Å²) in [6, 6.07) is 9.60. The van der Waals surface area contributed by atoms with Gasteiger partial charge in [0.25, 0.3) is 0 Å². The Morgan fingerprint density at radius 2 is 2.09 bits per heavy atom. The van der Waals surface area contributed by atoms with Crippen LogP contribution in [0.5, 0.6) is 0 Å². The smallest absolute Gasteiger partial charge is 0.0702 e. The van der Waals surface area contributed by atoms with Crippen molar-refractivity contribution in [2.45, 2.75) is 0 Å². The zero-order chi connectivity index (χ0) is 7.68. The lowest BCUT2D eigenvalue weighted by Gasteiger charge is -1.95. The predicted molar refractivity (Wildman–Crippen MR) is 45.1 cm³/mol. The molecule has 11 heavy (non-hydrogen) atoms. The van der Waals surface area contributed by atoms with E-state index in [0.29, 0.717) is 0 Å². The molecule has 0 aliphatic carbocycles. The van der Waals surface area contributed by atoms with Crippen LogP contribution in [0, 0.1) is 6.92 Å². The molecule has 0 saturated heterocycles. The largest absolute Gasteiger partial charge is 0.256 e. The molecule has 2 radical (unpaired) electrons. The number of nitrogens with zero attached hydrogens (tertiary/aromatic N) is 1. The lowest BCUT2D eigenvalue weighted by Crippen LogP contribution is -1.77. The first-order valence-electron chi connectivity index (χ1n) is 3.46. The highest BCUT2D eigenvalue weighted by Crippen LogP contribution is 2.11. The molecule has 1 aromatic heterocycles. The van der Waals surface area contributed by atoms with Crippen molar-refractivity contribution < 1.29 is 0 Å². The van der Waals surface area contributed by atoms with Gasteiger partial charge in [-0.2, -0.15) is 0 Å². The van der Waals surface area contributed by atoms with Crippen molar-refractivity contribution in [2.24, 2.45) is 0 Å². The Kier molecular flexibility index (Phi) is 1.35. The van der Waals surface area contributed by atoms with E-state index >= 15 is 0 Å². The summed E-state index contributed by atoms with van der Waals surface area (Å²) in [5.74, 6) is 0. The second kappa shape index (κ2) is 2.35. The number of aromatic nitrogens is 1. The normalized spacial score (nSPS) is 10.3. The van der Waals surface area contributed by atoms with Crippen LogP contribution >= 0.6 is 0 Å². The fourth-order valence-electron chi connectivity index (χ4n) is 1.09. The minimum atomic E-state index is 0.783. The van der Waals surface area contributed by atoms with Gasteiger partial charge in [0, 0.05) is 11.6 Å². The van der Waals surface area contributed by atoms with Gasteiger partial charge in [-0.05, 0) is 30.7 Å². The molecule has 0 aliphatic rings. The summed E-state index contributed by atoms with van der Waals surface area (Å²) in [7, 11) is 0. The maximum atomic E-state index is 5.60. The van der Waals surface area contributed by atoms with Crippen LogP contribution in [0.2, 0.25) is 0 Å². The van der Waals surface area contributed by atoms with Crippen LogP contribution in [-0.2, 0) is 0 Å². The highest BCUT2D eigenvalue weighted by atomic mass is 14.6. The summed E-state index contributed by atoms with van der Waals surface area (Å²) < 4.78 is 0. The molecule has 0 aliphatic heterocycles. The molecule has 0 unspecified atom stereocenters. The second-order valence-corrected chi connectivity index (χ2v) is 2.46. The molecule has 52 valence electrons. The standard InChI is InChI=1S/C10H7N/c1-8-4-5-10-9(7-8)3-2-6-11-10/h1-7H. The highest BCUT2D eigenvalue weighted by molar-refractivity contribution is 5.79. The first kappa shape index (κ1) is 6.35. The van der Waals surface area contributed by atoms with Crippen molar-refractivity contribution in [3.8, 4) is 0 Å². The minimum absolute atomic E-state index is 0.783. The maximum absolute atomic E-state index is 5.60. The van der Waals surface area contributed by atoms with Crippen molar-refractivity contribution in [1.29, 1.82) is 0 Å². The van der Waals surface area contributed by atoms with E-state index in [1.165, 1.54) is 0 Å². The molecule has 0 fully saturated rings. The molecular weight excluding hydrogens is 134 g/mol. The average Bonchev–Trinajstić information content (AvgIpc) is 2.04. The highest BCUT2D eigenvalue weighted by Gasteiger charge is 1.91. The van der Waals surface area contributed by atoms with Crippen molar-refractivity contribution in [3.63, 3.8) is 0 Å². The number of benzene rings is 1. The first-order valence-corrected chi connectivity index (χ1v) is 3.46. The lowest BCUT2D eigenvalue weighted by molar-refractivity contribution is 1.41. The number of pyridine rings is 1. The van der Waals surface area contributed by atoms with Crippen LogP contribution in [0.25, 0.3) is 10.9 Å². The van der Waals surface area contributed by atoms with E-state index in [1.807, 2.05) is 30.3 Å². The Labute approximate surface area is 65.7 Å². The fourth-order valence-corrected chi connectivity index (χ4v) is 1.09. The molecule has 0 N–H and O–H groups in total. The summed E-state index contributed by atoms with van der Waals surface area (Å²) in [5.41, 5.74) is 1.77. The Morgan fingerprint density at radius 1 is 1.18 bits per heavy atom. The zero-order valence-electron chi connectivity index (χ0n) is 5.99. The van der Waals surface area contributed by atoms with Crippen molar-refractivity contribution in [3.05, 3.63) is 49.0 Å². The average molecular weight is 141 g/mol. The van der Waals surface area contributed by atoms with Gasteiger partial charge in [-0.3, -0.25) is 4.98 Å². The van der Waals surface area contributed by atoms with Crippen LogP contribution in [0.1, 0.15) is 5.56 Å². The number of rotatable bonds is 0. The third-order valence-corrected chi connectivity index (χ3v) is 1.63. The Hall–Kier alpha value is -1.37. The van der Waals surface area contributed by atoms with Gasteiger partial charge in [-0.15, -0.1) is 0 Å². The van der Waals surface area contributed by atoms with Gasteiger partial charge in [0.2, 0.25) is 0 Å². The van der Waals surface area contributed by atoms with Gasteiger partial charge >= 0.3 is 0 Å². The third kappa shape index (κ3) is 1.09. The quantitative estimate of drug-likeness (QED) is 0.548. The summed E-state index contributed by atoms with van der Waals surface area (Å²) in [4.78, 5) is 4.17. The summed E-state index contributed by atoms with van der Waals surface area (Å²) in [6.45, 7) is 5.60. The van der Waals surface area contributed by atoms with Gasteiger partial charge in [0.05, 0.1) is 5.52 Å². The van der Waals surface area contributed by atoms with E-state index in [4.69, 9.17) is 6.92 Å². The fraction of sp³-hybridized carbons (Fsp3) is 0. The van der Waals surface area contributed by atoms with E-state index in [9.17, 15) is 0 Å². The van der Waals surface area contributed by atoms with Crippen LogP contribution < -0.4 is 0 Å². The van der Waals surface area contributed by atoms with E-state index in [2.05, 4.69) is 4.98 Å². The molecule has 0 amide bonds. The van der Waals surface area contributed by atoms with Crippen LogP contribution in [0.4, 0.5) is 0 Å². The lowest BCUT2D eigenvalue weighted by atomic mass is 10.1. The van der Waals surface area contributed by atoms with Crippen LogP contribution in [0.15, 0.2) is 36.5 Å². The Morgan fingerprint density at radius 3 is 3.00 bits per heavy atom. The summed E-state index contributed by atoms with van der Waals surface area (Å²) in [5, 5.41) is 1.09. The molecule has 0 saturated carbocycles. The number of hydrogen-bond donors (Lipinski definition) is 0. The molecule has 1 aromatic carbocycles. The summed E-state index contributed by atoms with van der Waals surface area (Å²) in [6.07, 6.45) is 1.78. The molecule has 2 rings (SSSR count). The van der Waals surface area contributed by atoms with Crippen molar-refractivity contribution in [1.82, 2.24) is 4.98 Å². The van der Waals surface area contributed by atoms with E-state index in [1.54, 1.807) is 6.20 Å². The van der Waals surface area contributed by atoms with Gasteiger partial charge in [0.15, 0.2) is 0 Å². The molecule has 0 spiro atoms. The Bertz CT molecular complexity index is 379. The minimum Gasteiger partial charge on any atom is -0.256 e. The molecule has 2 aromatic rings. The first-order chi connectivity index (χ1) is 5.36. The van der Waals surface area contributed by atoms with Crippen LogP contribution in [0.3, 0.4) is 0 Å². The number of fused-ring (bicyclic) bond motifs is 1.